The lowest BCUT2D eigenvalue weighted by Gasteiger charge is -2.31. The largest absolute Gasteiger partial charge is 0.349 e. The molecule has 0 saturated carbocycles. The van der Waals surface area contributed by atoms with Gasteiger partial charge in [-0.25, -0.2) is 8.42 Å². The smallest absolute Gasteiger partial charge is 0.252 e. The zero-order valence-corrected chi connectivity index (χ0v) is 17.8. The van der Waals surface area contributed by atoms with Crippen molar-refractivity contribution in [1.29, 1.82) is 0 Å². The van der Waals surface area contributed by atoms with Crippen LogP contribution in [0.1, 0.15) is 31.4 Å². The van der Waals surface area contributed by atoms with Gasteiger partial charge in [0.1, 0.15) is 4.21 Å². The van der Waals surface area contributed by atoms with Crippen molar-refractivity contribution in [2.75, 3.05) is 13.1 Å². The van der Waals surface area contributed by atoms with Crippen LogP contribution in [0.5, 0.6) is 0 Å². The molecule has 3 rings (SSSR count). The van der Waals surface area contributed by atoms with Crippen molar-refractivity contribution >= 4 is 50.5 Å². The first-order chi connectivity index (χ1) is 12.8. The van der Waals surface area contributed by atoms with E-state index in [1.165, 1.54) is 15.6 Å². The highest BCUT2D eigenvalue weighted by atomic mass is 35.5. The number of sulfonamides is 1. The molecule has 2 aromatic rings. The molecule has 1 saturated heterocycles. The summed E-state index contributed by atoms with van der Waals surface area (Å²) in [6.07, 6.45) is 0.995. The normalized spacial score (nSPS) is 17.6. The van der Waals surface area contributed by atoms with Crippen LogP contribution in [-0.2, 0) is 14.8 Å². The van der Waals surface area contributed by atoms with E-state index in [0.29, 0.717) is 40.2 Å². The fourth-order valence-corrected chi connectivity index (χ4v) is 6.34. The van der Waals surface area contributed by atoms with Crippen LogP contribution in [0.3, 0.4) is 0 Å². The molecule has 0 bridgehead atoms. The number of halogens is 2. The maximum Gasteiger partial charge on any atom is 0.252 e. The van der Waals surface area contributed by atoms with E-state index in [1.54, 1.807) is 35.7 Å². The Hall–Kier alpha value is -1.12. The van der Waals surface area contributed by atoms with Crippen molar-refractivity contribution in [3.05, 3.63) is 51.3 Å². The molecule has 1 aromatic heterocycles. The fraction of sp³-hybridized carbons (Fsp3) is 0.389. The summed E-state index contributed by atoms with van der Waals surface area (Å²) in [6, 6.07) is 8.26. The van der Waals surface area contributed by atoms with Gasteiger partial charge >= 0.3 is 0 Å². The Morgan fingerprint density at radius 3 is 2.56 bits per heavy atom. The van der Waals surface area contributed by atoms with Crippen LogP contribution in [0, 0.1) is 5.92 Å². The van der Waals surface area contributed by atoms with Gasteiger partial charge in [-0.1, -0.05) is 35.3 Å². The van der Waals surface area contributed by atoms with Crippen LogP contribution in [0.25, 0.3) is 0 Å². The second-order valence-electron chi connectivity index (χ2n) is 6.51. The number of thiophene rings is 1. The second-order valence-corrected chi connectivity index (χ2v) is 10.5. The molecule has 1 unspecified atom stereocenters. The third-order valence-corrected chi connectivity index (χ3v) is 8.54. The van der Waals surface area contributed by atoms with Crippen LogP contribution in [0.2, 0.25) is 10.0 Å². The average Bonchev–Trinajstić information content (AvgIpc) is 3.17. The first-order valence-corrected chi connectivity index (χ1v) is 11.7. The predicted molar refractivity (Wildman–Crippen MR) is 109 cm³/mol. The molecule has 1 atom stereocenters. The van der Waals surface area contributed by atoms with Crippen LogP contribution in [0.15, 0.2) is 39.9 Å². The van der Waals surface area contributed by atoms with E-state index in [2.05, 4.69) is 5.32 Å². The maximum absolute atomic E-state index is 12.6. The lowest BCUT2D eigenvalue weighted by molar-refractivity contribution is -0.126. The topological polar surface area (TPSA) is 66.5 Å². The number of hydrogen-bond acceptors (Lipinski definition) is 4. The number of benzene rings is 1. The molecule has 1 aliphatic heterocycles. The zero-order chi connectivity index (χ0) is 19.6. The number of carbonyl (C=O) groups excluding carboxylic acids is 1. The fourth-order valence-electron chi connectivity index (χ4n) is 3.16. The van der Waals surface area contributed by atoms with Crippen molar-refractivity contribution in [2.24, 2.45) is 5.92 Å². The summed E-state index contributed by atoms with van der Waals surface area (Å²) < 4.78 is 26.9. The van der Waals surface area contributed by atoms with Gasteiger partial charge in [0.2, 0.25) is 5.91 Å². The Morgan fingerprint density at radius 2 is 1.96 bits per heavy atom. The first-order valence-electron chi connectivity index (χ1n) is 8.58. The van der Waals surface area contributed by atoms with Gasteiger partial charge in [-0.15, -0.1) is 11.3 Å². The molecule has 1 aromatic carbocycles. The highest BCUT2D eigenvalue weighted by Crippen LogP contribution is 2.29. The lowest BCUT2D eigenvalue weighted by Crippen LogP contribution is -2.43. The number of nitrogens with zero attached hydrogens (tertiary/aromatic N) is 1. The van der Waals surface area contributed by atoms with Gasteiger partial charge in [0.15, 0.2) is 0 Å². The minimum Gasteiger partial charge on any atom is -0.349 e. The molecule has 1 amide bonds. The SMILES string of the molecule is CC(NC(=O)C1CCN(S(=O)(=O)c2cccs2)CC1)c1ccc(Cl)cc1Cl. The number of rotatable bonds is 5. The highest BCUT2D eigenvalue weighted by molar-refractivity contribution is 7.91. The van der Waals surface area contributed by atoms with Crippen molar-refractivity contribution in [3.63, 3.8) is 0 Å². The monoisotopic (exact) mass is 446 g/mol. The molecule has 2 heterocycles. The van der Waals surface area contributed by atoms with Gasteiger partial charge in [-0.2, -0.15) is 4.31 Å². The van der Waals surface area contributed by atoms with E-state index in [0.717, 1.165) is 5.56 Å². The molecular formula is C18H20Cl2N2O3S2. The van der Waals surface area contributed by atoms with E-state index in [1.807, 2.05) is 6.92 Å². The van der Waals surface area contributed by atoms with E-state index in [4.69, 9.17) is 23.2 Å². The molecular weight excluding hydrogens is 427 g/mol. The Kier molecular flexibility index (Phi) is 6.48. The summed E-state index contributed by atoms with van der Waals surface area (Å²) in [6.45, 7) is 2.55. The lowest BCUT2D eigenvalue weighted by atomic mass is 9.96. The van der Waals surface area contributed by atoms with Crippen LogP contribution in [0.4, 0.5) is 0 Å². The number of carbonyl (C=O) groups is 1. The molecule has 9 heteroatoms. The van der Waals surface area contributed by atoms with Crippen molar-refractivity contribution in [1.82, 2.24) is 9.62 Å². The Labute approximate surface area is 173 Å². The zero-order valence-electron chi connectivity index (χ0n) is 14.7. The van der Waals surface area contributed by atoms with Gasteiger partial charge < -0.3 is 5.32 Å². The number of amides is 1. The quantitative estimate of drug-likeness (QED) is 0.742. The minimum absolute atomic E-state index is 0.0818. The molecule has 0 radical (unpaired) electrons. The first kappa shape index (κ1) is 20.6. The molecule has 0 spiro atoms. The van der Waals surface area contributed by atoms with Crippen molar-refractivity contribution < 1.29 is 13.2 Å². The Balaban J connectivity index is 1.58. The van der Waals surface area contributed by atoms with Gasteiger partial charge in [-0.3, -0.25) is 4.79 Å². The average molecular weight is 447 g/mol. The standard InChI is InChI=1S/C18H20Cl2N2O3S2/c1-12(15-5-4-14(19)11-16(15)20)21-18(23)13-6-8-22(9-7-13)27(24,25)17-3-2-10-26-17/h2-5,10-13H,6-9H2,1H3,(H,21,23). The van der Waals surface area contributed by atoms with Gasteiger partial charge in [0.05, 0.1) is 6.04 Å². The molecule has 1 aliphatic rings. The number of nitrogens with one attached hydrogen (secondary N) is 1. The van der Waals surface area contributed by atoms with Crippen molar-refractivity contribution in [3.8, 4) is 0 Å². The molecule has 27 heavy (non-hydrogen) atoms. The van der Waals surface area contributed by atoms with Crippen molar-refractivity contribution in [2.45, 2.75) is 30.0 Å². The van der Waals surface area contributed by atoms with E-state index < -0.39 is 10.0 Å². The third-order valence-electron chi connectivity index (χ3n) is 4.70. The summed E-state index contributed by atoms with van der Waals surface area (Å²) >= 11 is 13.3. The highest BCUT2D eigenvalue weighted by Gasteiger charge is 2.33. The maximum atomic E-state index is 12.6. The third kappa shape index (κ3) is 4.66. The van der Waals surface area contributed by atoms with E-state index in [9.17, 15) is 13.2 Å². The molecule has 5 nitrogen and oxygen atoms in total. The van der Waals surface area contributed by atoms with Gasteiger partial charge in [0, 0.05) is 29.1 Å². The summed E-state index contributed by atoms with van der Waals surface area (Å²) in [5.41, 5.74) is 0.798. The summed E-state index contributed by atoms with van der Waals surface area (Å²) in [7, 11) is -3.45. The minimum atomic E-state index is -3.45. The van der Waals surface area contributed by atoms with E-state index >= 15 is 0 Å². The summed E-state index contributed by atoms with van der Waals surface area (Å²) in [4.78, 5) is 12.6. The van der Waals surface area contributed by atoms with E-state index in [-0.39, 0.29) is 17.9 Å². The number of piperidine rings is 1. The summed E-state index contributed by atoms with van der Waals surface area (Å²) in [5.74, 6) is -0.296. The predicted octanol–water partition coefficient (Wildman–Crippen LogP) is 4.33. The molecule has 0 aliphatic carbocycles. The molecule has 1 N–H and O–H groups in total. The molecule has 1 fully saturated rings. The molecule has 146 valence electrons. The second kappa shape index (κ2) is 8.49. The van der Waals surface area contributed by atoms with Gasteiger partial charge in [-0.05, 0) is 48.9 Å². The van der Waals surface area contributed by atoms with Crippen LogP contribution in [-0.4, -0.2) is 31.7 Å². The van der Waals surface area contributed by atoms with Gasteiger partial charge in [0.25, 0.3) is 10.0 Å². The summed E-state index contributed by atoms with van der Waals surface area (Å²) in [5, 5.41) is 5.77. The van der Waals surface area contributed by atoms with Crippen LogP contribution >= 0.6 is 34.5 Å². The number of hydrogen-bond donors (Lipinski definition) is 1. The Bertz CT molecular complexity index is 909. The Morgan fingerprint density at radius 1 is 1.26 bits per heavy atom. The van der Waals surface area contributed by atoms with Crippen LogP contribution < -0.4 is 5.32 Å².